The van der Waals surface area contributed by atoms with E-state index in [-0.39, 0.29) is 48.6 Å². The van der Waals surface area contributed by atoms with Crippen molar-refractivity contribution in [3.8, 4) is 0 Å². The number of amides is 2. The number of unbranched alkanes of at least 4 members (excludes halogenated alkanes) is 1. The molecule has 0 aliphatic carbocycles. The van der Waals surface area contributed by atoms with E-state index in [4.69, 9.17) is 10.5 Å². The average Bonchev–Trinajstić information content (AvgIpc) is 3.35. The van der Waals surface area contributed by atoms with Crippen molar-refractivity contribution in [2.75, 3.05) is 13.1 Å². The van der Waals surface area contributed by atoms with Crippen LogP contribution >= 0.6 is 0 Å². The van der Waals surface area contributed by atoms with Crippen LogP contribution in [0.1, 0.15) is 69.7 Å². The van der Waals surface area contributed by atoms with E-state index in [9.17, 15) is 23.9 Å². The van der Waals surface area contributed by atoms with Gasteiger partial charge in [-0.1, -0.05) is 50.6 Å². The smallest absolute Gasteiger partial charge is 0.328 e. The number of hydrogen-bond acceptors (Lipinski definition) is 7. The third-order valence-corrected chi connectivity index (χ3v) is 6.53. The molecule has 6 N–H and O–H groups in total. The van der Waals surface area contributed by atoms with Crippen LogP contribution in [0.5, 0.6) is 0 Å². The monoisotopic (exact) mass is 561 g/mol. The lowest BCUT2D eigenvalue weighted by Gasteiger charge is -2.28. The van der Waals surface area contributed by atoms with Crippen LogP contribution in [0, 0.1) is 11.8 Å². The van der Waals surface area contributed by atoms with Crippen molar-refractivity contribution in [3.63, 3.8) is 0 Å². The number of H-pyrrole nitrogens is 1. The molecule has 2 heterocycles. The summed E-state index contributed by atoms with van der Waals surface area (Å²) < 4.78 is 20.5. The van der Waals surface area contributed by atoms with Gasteiger partial charge in [0.2, 0.25) is 5.91 Å². The molecule has 2 rings (SSSR count). The molecular formula is C29H44FN5O5. The number of hydrogen-bond donors (Lipinski definition) is 5. The molecule has 0 saturated heterocycles. The molecule has 0 aromatic carbocycles. The van der Waals surface area contributed by atoms with Gasteiger partial charge in [-0.3, -0.25) is 9.59 Å². The number of fused-ring (bicyclic) bond motifs is 2. The van der Waals surface area contributed by atoms with Crippen molar-refractivity contribution in [3.05, 3.63) is 53.7 Å². The number of alkyl halides is 1. The van der Waals surface area contributed by atoms with Crippen molar-refractivity contribution >= 4 is 17.8 Å². The van der Waals surface area contributed by atoms with Crippen molar-refractivity contribution in [1.29, 1.82) is 0 Å². The van der Waals surface area contributed by atoms with Gasteiger partial charge in [-0.15, -0.1) is 0 Å². The van der Waals surface area contributed by atoms with Gasteiger partial charge in [0, 0.05) is 25.3 Å². The van der Waals surface area contributed by atoms with Crippen LogP contribution in [-0.4, -0.2) is 70.4 Å². The molecule has 11 heteroatoms. The third kappa shape index (κ3) is 11.4. The SMILES string of the molecule is CC1=C\[C@@H](O)C[C@@H](F)Cc2ncc([nH]2)C(=O)N[C@H](CCCCN)C(=O)O[C@H](C(C)C)[C@H](C)/C=C/C(=O)NC\C=C\1. The van der Waals surface area contributed by atoms with Gasteiger partial charge in [0.15, 0.2) is 0 Å². The molecule has 0 saturated carbocycles. The van der Waals surface area contributed by atoms with E-state index in [1.807, 2.05) is 20.8 Å². The number of nitrogens with one attached hydrogen (secondary N) is 3. The van der Waals surface area contributed by atoms with Crippen LogP contribution in [0.3, 0.4) is 0 Å². The number of esters is 1. The second kappa shape index (κ2) is 16.7. The van der Waals surface area contributed by atoms with Gasteiger partial charge >= 0.3 is 5.97 Å². The van der Waals surface area contributed by atoms with E-state index >= 15 is 0 Å². The fourth-order valence-electron chi connectivity index (χ4n) is 4.42. The predicted molar refractivity (Wildman–Crippen MR) is 151 cm³/mol. The highest BCUT2D eigenvalue weighted by Gasteiger charge is 2.29. The van der Waals surface area contributed by atoms with Gasteiger partial charge in [0.25, 0.3) is 5.91 Å². The van der Waals surface area contributed by atoms with E-state index < -0.39 is 36.3 Å². The number of ether oxygens (including phenoxy) is 1. The Hall–Kier alpha value is -3.31. The fraction of sp³-hybridized carbons (Fsp3) is 0.586. The number of carbonyl (C=O) groups excluding carboxylic acids is 3. The summed E-state index contributed by atoms with van der Waals surface area (Å²) in [5.74, 6) is -1.55. The maximum absolute atomic E-state index is 14.7. The average molecular weight is 562 g/mol. The molecule has 2 amide bonds. The van der Waals surface area contributed by atoms with Crippen molar-refractivity contribution in [2.24, 2.45) is 17.6 Å². The van der Waals surface area contributed by atoms with E-state index in [1.54, 1.807) is 25.2 Å². The van der Waals surface area contributed by atoms with Gasteiger partial charge in [-0.2, -0.15) is 0 Å². The molecule has 40 heavy (non-hydrogen) atoms. The maximum atomic E-state index is 14.7. The highest BCUT2D eigenvalue weighted by molar-refractivity contribution is 5.95. The number of rotatable bonds is 5. The summed E-state index contributed by atoms with van der Waals surface area (Å²) >= 11 is 0. The van der Waals surface area contributed by atoms with E-state index in [0.717, 1.165) is 5.57 Å². The maximum Gasteiger partial charge on any atom is 0.328 e. The molecule has 1 aliphatic rings. The highest BCUT2D eigenvalue weighted by Crippen LogP contribution is 2.20. The van der Waals surface area contributed by atoms with Crippen LogP contribution in [0.4, 0.5) is 4.39 Å². The molecule has 222 valence electrons. The first kappa shape index (κ1) is 32.9. The van der Waals surface area contributed by atoms with Gasteiger partial charge in [0.05, 0.1) is 12.3 Å². The van der Waals surface area contributed by atoms with Gasteiger partial charge in [0.1, 0.15) is 29.8 Å². The lowest BCUT2D eigenvalue weighted by Crippen LogP contribution is -2.44. The standard InChI is InChI=1S/C29H44FN5O5/c1-18(2)27-20(4)10-11-26(37)32-13-7-8-19(3)14-22(36)15-21(30)16-25-33-17-24(34-25)28(38)35-23(29(39)40-27)9-5-6-12-31/h7-8,10-11,14,17-18,20-23,27,36H,5-6,9,12-13,15-16,31H2,1-4H3,(H,32,37)(H,33,34)(H,35,38)/b8-7+,11-10+,19-14+/t20-,21-,22-,23-,27-/m1/s1. The van der Waals surface area contributed by atoms with Crippen LogP contribution < -0.4 is 16.4 Å². The quantitative estimate of drug-likeness (QED) is 0.273. The number of nitrogens with two attached hydrogens (primary N) is 1. The van der Waals surface area contributed by atoms with Gasteiger partial charge in [-0.25, -0.2) is 14.2 Å². The Morgan fingerprint density at radius 2 is 1.98 bits per heavy atom. The molecule has 1 aromatic rings. The third-order valence-electron chi connectivity index (χ3n) is 6.53. The number of carbonyl (C=O) groups is 3. The Balaban J connectivity index is 2.32. The summed E-state index contributed by atoms with van der Waals surface area (Å²) in [6.07, 6.45) is 7.73. The summed E-state index contributed by atoms with van der Waals surface area (Å²) in [5.41, 5.74) is 6.42. The molecule has 10 nitrogen and oxygen atoms in total. The number of aromatic nitrogens is 2. The Labute approximate surface area is 235 Å². The zero-order valence-electron chi connectivity index (χ0n) is 23.9. The van der Waals surface area contributed by atoms with Crippen LogP contribution in [0.15, 0.2) is 42.2 Å². The summed E-state index contributed by atoms with van der Waals surface area (Å²) in [7, 11) is 0. The van der Waals surface area contributed by atoms with E-state index in [0.29, 0.717) is 25.8 Å². The van der Waals surface area contributed by atoms with Crippen LogP contribution in [0.2, 0.25) is 0 Å². The first-order valence-electron chi connectivity index (χ1n) is 13.9. The molecule has 0 fully saturated rings. The van der Waals surface area contributed by atoms with Crippen molar-refractivity contribution in [2.45, 2.75) is 84.2 Å². The lowest BCUT2D eigenvalue weighted by atomic mass is 9.94. The number of cyclic esters (lactones) is 1. The minimum atomic E-state index is -1.41. The summed E-state index contributed by atoms with van der Waals surface area (Å²) in [6, 6.07) is -0.931. The molecule has 2 bridgehead atoms. The minimum Gasteiger partial charge on any atom is -0.460 e. The summed E-state index contributed by atoms with van der Waals surface area (Å²) in [5, 5.41) is 15.7. The Morgan fingerprint density at radius 3 is 2.67 bits per heavy atom. The highest BCUT2D eigenvalue weighted by atomic mass is 19.1. The van der Waals surface area contributed by atoms with Gasteiger partial charge in [-0.05, 0) is 44.7 Å². The number of aliphatic hydroxyl groups excluding tert-OH is 1. The first-order valence-corrected chi connectivity index (χ1v) is 13.9. The Kier molecular flexibility index (Phi) is 13.7. The molecule has 1 aliphatic heterocycles. The fourth-order valence-corrected chi connectivity index (χ4v) is 4.42. The number of imidazole rings is 1. The number of aromatic amines is 1. The molecule has 1 aromatic heterocycles. The normalized spacial score (nSPS) is 29.1. The molecular weight excluding hydrogens is 517 g/mol. The van der Waals surface area contributed by atoms with Crippen LogP contribution in [0.25, 0.3) is 0 Å². The summed E-state index contributed by atoms with van der Waals surface area (Å²) in [4.78, 5) is 45.4. The minimum absolute atomic E-state index is 0.0570. The Morgan fingerprint density at radius 1 is 1.23 bits per heavy atom. The molecule has 0 unspecified atom stereocenters. The largest absolute Gasteiger partial charge is 0.460 e. The zero-order valence-corrected chi connectivity index (χ0v) is 23.9. The second-order valence-corrected chi connectivity index (χ2v) is 10.6. The molecule has 0 spiro atoms. The summed E-state index contributed by atoms with van der Waals surface area (Å²) in [6.45, 7) is 8.17. The van der Waals surface area contributed by atoms with Gasteiger partial charge < -0.3 is 31.2 Å². The second-order valence-electron chi connectivity index (χ2n) is 10.6. The first-order chi connectivity index (χ1) is 19.0. The zero-order chi connectivity index (χ0) is 29.7. The lowest BCUT2D eigenvalue weighted by molar-refractivity contribution is -0.155. The Bertz CT molecular complexity index is 1070. The molecule has 0 radical (unpaired) electrons. The van der Waals surface area contributed by atoms with Crippen molar-refractivity contribution in [1.82, 2.24) is 20.6 Å². The van der Waals surface area contributed by atoms with E-state index in [2.05, 4.69) is 20.6 Å². The number of nitrogens with zero attached hydrogens (tertiary/aromatic N) is 1. The van der Waals surface area contributed by atoms with Crippen LogP contribution in [-0.2, 0) is 20.7 Å². The number of allylic oxidation sites excluding steroid dienone is 2. The number of halogens is 1. The van der Waals surface area contributed by atoms with Crippen molar-refractivity contribution < 1.29 is 28.6 Å². The topological polar surface area (TPSA) is 159 Å². The predicted octanol–water partition coefficient (Wildman–Crippen LogP) is 2.66. The van der Waals surface area contributed by atoms with E-state index in [1.165, 1.54) is 18.3 Å². The number of aliphatic hydroxyl groups is 1. The molecule has 5 atom stereocenters.